The lowest BCUT2D eigenvalue weighted by Gasteiger charge is -2.13. The first kappa shape index (κ1) is 19.1. The number of hydrogen-bond donors (Lipinski definition) is 2. The van der Waals surface area contributed by atoms with Crippen molar-refractivity contribution in [3.05, 3.63) is 52.8 Å². The maximum Gasteiger partial charge on any atom is 0.416 e. The second kappa shape index (κ2) is 7.74. The maximum absolute atomic E-state index is 12.8. The number of aromatic nitrogens is 1. The van der Waals surface area contributed by atoms with Gasteiger partial charge in [-0.2, -0.15) is 13.2 Å². The van der Waals surface area contributed by atoms with Crippen LogP contribution in [0.3, 0.4) is 0 Å². The lowest BCUT2D eigenvalue weighted by Crippen LogP contribution is -2.16. The van der Waals surface area contributed by atoms with Gasteiger partial charge in [-0.3, -0.25) is 4.79 Å². The molecule has 0 aliphatic rings. The third-order valence-electron chi connectivity index (χ3n) is 3.56. The van der Waals surface area contributed by atoms with Crippen molar-refractivity contribution in [2.45, 2.75) is 32.5 Å². The topological polar surface area (TPSA) is 54.0 Å². The summed E-state index contributed by atoms with van der Waals surface area (Å²) in [6.07, 6.45) is -2.10. The molecule has 8 heteroatoms. The van der Waals surface area contributed by atoms with Crippen LogP contribution in [0.15, 0.2) is 36.5 Å². The van der Waals surface area contributed by atoms with Crippen LogP contribution in [0.2, 0.25) is 5.02 Å². The summed E-state index contributed by atoms with van der Waals surface area (Å²) in [5.74, 6) is -0.642. The number of carbonyl (C=O) groups excluding carboxylic acids is 1. The van der Waals surface area contributed by atoms with Crippen molar-refractivity contribution in [2.24, 2.45) is 0 Å². The van der Waals surface area contributed by atoms with Crippen LogP contribution in [-0.2, 0) is 6.18 Å². The van der Waals surface area contributed by atoms with Crippen molar-refractivity contribution >= 4 is 28.9 Å². The molecule has 1 atom stereocenters. The van der Waals surface area contributed by atoms with E-state index in [9.17, 15) is 18.0 Å². The summed E-state index contributed by atoms with van der Waals surface area (Å²) in [5.41, 5.74) is -0.190. The standard InChI is InChI=1S/C17H17ClF3N3O/c1-3-10(2)23-12-5-7-14(22-9-12)16(25)24-15-8-11(17(19,20)21)4-6-13(15)18/h4-10,23H,3H2,1-2H3,(H,24,25). The molecule has 0 fully saturated rings. The molecule has 2 N–H and O–H groups in total. The first-order valence-corrected chi connectivity index (χ1v) is 7.99. The highest BCUT2D eigenvalue weighted by Crippen LogP contribution is 2.33. The average Bonchev–Trinajstić information content (AvgIpc) is 2.56. The molecule has 1 heterocycles. The number of nitrogens with one attached hydrogen (secondary N) is 2. The summed E-state index contributed by atoms with van der Waals surface area (Å²) < 4.78 is 38.3. The molecule has 2 rings (SSSR count). The first-order valence-electron chi connectivity index (χ1n) is 7.61. The van der Waals surface area contributed by atoms with E-state index in [4.69, 9.17) is 11.6 Å². The minimum atomic E-state index is -4.52. The maximum atomic E-state index is 12.8. The summed E-state index contributed by atoms with van der Waals surface area (Å²) in [7, 11) is 0. The summed E-state index contributed by atoms with van der Waals surface area (Å²) >= 11 is 5.86. The Balaban J connectivity index is 2.14. The zero-order chi connectivity index (χ0) is 18.6. The van der Waals surface area contributed by atoms with Crippen LogP contribution in [-0.4, -0.2) is 16.9 Å². The van der Waals surface area contributed by atoms with E-state index >= 15 is 0 Å². The highest BCUT2D eigenvalue weighted by molar-refractivity contribution is 6.33. The molecule has 25 heavy (non-hydrogen) atoms. The van der Waals surface area contributed by atoms with Crippen LogP contribution >= 0.6 is 11.6 Å². The van der Waals surface area contributed by atoms with Gasteiger partial charge in [-0.1, -0.05) is 18.5 Å². The average molecular weight is 372 g/mol. The van der Waals surface area contributed by atoms with Gasteiger partial charge in [-0.25, -0.2) is 4.98 Å². The summed E-state index contributed by atoms with van der Waals surface area (Å²) in [6.45, 7) is 4.04. The summed E-state index contributed by atoms with van der Waals surface area (Å²) in [4.78, 5) is 16.2. The quantitative estimate of drug-likeness (QED) is 0.758. The van der Waals surface area contributed by atoms with Crippen LogP contribution in [0.1, 0.15) is 36.3 Å². The molecular weight excluding hydrogens is 355 g/mol. The zero-order valence-corrected chi connectivity index (χ0v) is 14.4. The van der Waals surface area contributed by atoms with Crippen molar-refractivity contribution in [1.29, 1.82) is 0 Å². The monoisotopic (exact) mass is 371 g/mol. The van der Waals surface area contributed by atoms with Gasteiger partial charge in [0, 0.05) is 6.04 Å². The van der Waals surface area contributed by atoms with Gasteiger partial charge in [0.05, 0.1) is 28.2 Å². The number of hydrogen-bond acceptors (Lipinski definition) is 3. The second-order valence-corrected chi connectivity index (χ2v) is 5.94. The van der Waals surface area contributed by atoms with Gasteiger partial charge >= 0.3 is 6.18 Å². The normalized spacial score (nSPS) is 12.6. The minimum absolute atomic E-state index is 0.0106. The van der Waals surface area contributed by atoms with Crippen LogP contribution in [0.4, 0.5) is 24.5 Å². The van der Waals surface area contributed by atoms with Crippen molar-refractivity contribution in [2.75, 3.05) is 10.6 Å². The van der Waals surface area contributed by atoms with E-state index in [2.05, 4.69) is 15.6 Å². The fourth-order valence-corrected chi connectivity index (χ4v) is 2.15. The van der Waals surface area contributed by atoms with E-state index in [0.29, 0.717) is 0 Å². The highest BCUT2D eigenvalue weighted by Gasteiger charge is 2.31. The lowest BCUT2D eigenvalue weighted by molar-refractivity contribution is -0.137. The fraction of sp³-hybridized carbons (Fsp3) is 0.294. The number of benzene rings is 1. The highest BCUT2D eigenvalue weighted by atomic mass is 35.5. The van der Waals surface area contributed by atoms with E-state index in [1.54, 1.807) is 6.07 Å². The molecule has 1 amide bonds. The predicted octanol–water partition coefficient (Wildman–Crippen LogP) is 5.22. The molecule has 0 radical (unpaired) electrons. The molecule has 0 saturated heterocycles. The Kier molecular flexibility index (Phi) is 5.89. The molecule has 0 aliphatic heterocycles. The number of amides is 1. The minimum Gasteiger partial charge on any atom is -0.381 e. The Morgan fingerprint density at radius 3 is 2.56 bits per heavy atom. The van der Waals surface area contributed by atoms with Gasteiger partial charge in [0.25, 0.3) is 5.91 Å². The molecule has 0 bridgehead atoms. The number of rotatable bonds is 5. The number of nitrogens with zero attached hydrogens (tertiary/aromatic N) is 1. The first-order chi connectivity index (χ1) is 11.7. The molecule has 1 aromatic carbocycles. The molecule has 0 aliphatic carbocycles. The van der Waals surface area contributed by atoms with Gasteiger partial charge in [0.15, 0.2) is 0 Å². The van der Waals surface area contributed by atoms with Crippen LogP contribution in [0.25, 0.3) is 0 Å². The number of carbonyl (C=O) groups is 1. The predicted molar refractivity (Wildman–Crippen MR) is 92.0 cm³/mol. The number of anilines is 2. The second-order valence-electron chi connectivity index (χ2n) is 5.53. The van der Waals surface area contributed by atoms with Crippen LogP contribution < -0.4 is 10.6 Å². The molecule has 2 aromatic rings. The van der Waals surface area contributed by atoms with Gasteiger partial charge in [-0.05, 0) is 43.7 Å². The van der Waals surface area contributed by atoms with Crippen molar-refractivity contribution in [1.82, 2.24) is 4.98 Å². The van der Waals surface area contributed by atoms with Crippen molar-refractivity contribution < 1.29 is 18.0 Å². The van der Waals surface area contributed by atoms with Gasteiger partial charge in [0.2, 0.25) is 0 Å². The van der Waals surface area contributed by atoms with Gasteiger partial charge in [-0.15, -0.1) is 0 Å². The van der Waals surface area contributed by atoms with E-state index in [0.717, 1.165) is 30.3 Å². The molecule has 134 valence electrons. The summed E-state index contributed by atoms with van der Waals surface area (Å²) in [5, 5.41) is 5.57. The fourth-order valence-electron chi connectivity index (χ4n) is 1.98. The molecular formula is C17H17ClF3N3O. The molecule has 1 unspecified atom stereocenters. The van der Waals surface area contributed by atoms with Crippen LogP contribution in [0, 0.1) is 0 Å². The smallest absolute Gasteiger partial charge is 0.381 e. The van der Waals surface area contributed by atoms with Gasteiger partial charge in [0.1, 0.15) is 5.69 Å². The largest absolute Gasteiger partial charge is 0.416 e. The number of halogens is 4. The van der Waals surface area contributed by atoms with E-state index in [1.165, 1.54) is 12.3 Å². The molecule has 0 spiro atoms. The third kappa shape index (κ3) is 5.09. The van der Waals surface area contributed by atoms with Crippen molar-refractivity contribution in [3.8, 4) is 0 Å². The van der Waals surface area contributed by atoms with Gasteiger partial charge < -0.3 is 10.6 Å². The number of pyridine rings is 1. The van der Waals surface area contributed by atoms with Crippen LogP contribution in [0.5, 0.6) is 0 Å². The SMILES string of the molecule is CCC(C)Nc1ccc(C(=O)Nc2cc(C(F)(F)F)ccc2Cl)nc1. The lowest BCUT2D eigenvalue weighted by atomic mass is 10.2. The molecule has 1 aromatic heterocycles. The summed E-state index contributed by atoms with van der Waals surface area (Å²) in [6, 6.07) is 6.16. The third-order valence-corrected chi connectivity index (χ3v) is 3.89. The Labute approximate surface area is 148 Å². The Morgan fingerprint density at radius 2 is 2.00 bits per heavy atom. The Morgan fingerprint density at radius 1 is 1.28 bits per heavy atom. The van der Waals surface area contributed by atoms with E-state index in [-0.39, 0.29) is 22.4 Å². The van der Waals surface area contributed by atoms with Crippen molar-refractivity contribution in [3.63, 3.8) is 0 Å². The Bertz CT molecular complexity index is 748. The Hall–Kier alpha value is -2.28. The molecule has 0 saturated carbocycles. The number of alkyl halides is 3. The molecule has 4 nitrogen and oxygen atoms in total. The zero-order valence-electron chi connectivity index (χ0n) is 13.6. The van der Waals surface area contributed by atoms with E-state index < -0.39 is 17.6 Å². The van der Waals surface area contributed by atoms with E-state index in [1.807, 2.05) is 13.8 Å².